The Kier molecular flexibility index (Phi) is 3.65. The Labute approximate surface area is 84.3 Å². The number of phenolic OH excluding ortho intramolecular Hbond substituents is 1. The van der Waals surface area contributed by atoms with Crippen molar-refractivity contribution in [1.82, 2.24) is 0 Å². The summed E-state index contributed by atoms with van der Waals surface area (Å²) in [4.78, 5) is 4.29. The van der Waals surface area contributed by atoms with Crippen LogP contribution in [0.1, 0.15) is 19.4 Å². The van der Waals surface area contributed by atoms with Crippen LogP contribution in [0.2, 0.25) is 0 Å². The number of nitrogens with two attached hydrogens (primary N) is 1. The minimum atomic E-state index is 0.0517. The number of benzene rings is 1. The zero-order valence-corrected chi connectivity index (χ0v) is 8.57. The smallest absolute Gasteiger partial charge is 0.124 e. The van der Waals surface area contributed by atoms with Crippen molar-refractivity contribution in [3.8, 4) is 5.75 Å². The van der Waals surface area contributed by atoms with Crippen LogP contribution >= 0.6 is 0 Å². The number of rotatable bonds is 3. The standard InChI is InChI=1S/C11H16N2O/c1-8(12)7-13-9(2)10-5-3-4-6-11(10)14/h3-6,8,14H,7,12H2,1-2H3. The van der Waals surface area contributed by atoms with Gasteiger partial charge in [-0.05, 0) is 26.0 Å². The Morgan fingerprint density at radius 3 is 2.71 bits per heavy atom. The Balaban J connectivity index is 2.84. The van der Waals surface area contributed by atoms with E-state index in [0.29, 0.717) is 6.54 Å². The molecular weight excluding hydrogens is 176 g/mol. The molecule has 1 atom stereocenters. The first-order valence-corrected chi connectivity index (χ1v) is 4.66. The molecule has 14 heavy (non-hydrogen) atoms. The number of nitrogens with zero attached hydrogens (tertiary/aromatic N) is 1. The van der Waals surface area contributed by atoms with Gasteiger partial charge in [0.15, 0.2) is 0 Å². The molecule has 0 heterocycles. The molecular formula is C11H16N2O. The Morgan fingerprint density at radius 2 is 2.14 bits per heavy atom. The molecule has 3 heteroatoms. The number of hydrogen-bond acceptors (Lipinski definition) is 3. The molecule has 0 aliphatic carbocycles. The Bertz CT molecular complexity index is 332. The lowest BCUT2D eigenvalue weighted by Gasteiger charge is -2.05. The Morgan fingerprint density at radius 1 is 1.50 bits per heavy atom. The molecule has 0 radical (unpaired) electrons. The Hall–Kier alpha value is -1.35. The molecule has 0 spiro atoms. The van der Waals surface area contributed by atoms with Crippen molar-refractivity contribution in [3.05, 3.63) is 29.8 Å². The quantitative estimate of drug-likeness (QED) is 0.714. The third-order valence-corrected chi connectivity index (χ3v) is 1.91. The summed E-state index contributed by atoms with van der Waals surface area (Å²) < 4.78 is 0. The zero-order chi connectivity index (χ0) is 10.6. The van der Waals surface area contributed by atoms with Crippen LogP contribution in [0.25, 0.3) is 0 Å². The molecule has 0 aliphatic heterocycles. The maximum Gasteiger partial charge on any atom is 0.124 e. The molecule has 76 valence electrons. The van der Waals surface area contributed by atoms with Gasteiger partial charge in [-0.15, -0.1) is 0 Å². The highest BCUT2D eigenvalue weighted by Crippen LogP contribution is 2.16. The number of phenols is 1. The second-order valence-corrected chi connectivity index (χ2v) is 3.42. The molecule has 0 saturated heterocycles. The van der Waals surface area contributed by atoms with E-state index in [4.69, 9.17) is 5.73 Å². The third-order valence-electron chi connectivity index (χ3n) is 1.91. The number of aliphatic imine (C=N–C) groups is 1. The summed E-state index contributed by atoms with van der Waals surface area (Å²) in [5.41, 5.74) is 7.18. The fourth-order valence-electron chi connectivity index (χ4n) is 1.15. The largest absolute Gasteiger partial charge is 0.507 e. The van der Waals surface area contributed by atoms with Crippen molar-refractivity contribution in [2.75, 3.05) is 6.54 Å². The number of hydrogen-bond donors (Lipinski definition) is 2. The van der Waals surface area contributed by atoms with Crippen molar-refractivity contribution in [3.63, 3.8) is 0 Å². The summed E-state index contributed by atoms with van der Waals surface area (Å²) >= 11 is 0. The fraction of sp³-hybridized carbons (Fsp3) is 0.364. The number of para-hydroxylation sites is 1. The summed E-state index contributed by atoms with van der Waals surface area (Å²) in [5.74, 6) is 0.262. The van der Waals surface area contributed by atoms with Crippen molar-refractivity contribution >= 4 is 5.71 Å². The first kappa shape index (κ1) is 10.7. The molecule has 3 N–H and O–H groups in total. The van der Waals surface area contributed by atoms with Crippen molar-refractivity contribution in [2.45, 2.75) is 19.9 Å². The second kappa shape index (κ2) is 4.77. The third kappa shape index (κ3) is 2.85. The lowest BCUT2D eigenvalue weighted by molar-refractivity contribution is 0.474. The van der Waals surface area contributed by atoms with Crippen LogP contribution in [0, 0.1) is 0 Å². The molecule has 0 aromatic heterocycles. The molecule has 0 amide bonds. The van der Waals surface area contributed by atoms with Gasteiger partial charge in [-0.25, -0.2) is 0 Å². The van der Waals surface area contributed by atoms with Crippen LogP contribution in [-0.4, -0.2) is 23.4 Å². The van der Waals surface area contributed by atoms with E-state index >= 15 is 0 Å². The first-order chi connectivity index (χ1) is 6.61. The minimum Gasteiger partial charge on any atom is -0.507 e. The van der Waals surface area contributed by atoms with Gasteiger partial charge in [0.25, 0.3) is 0 Å². The monoisotopic (exact) mass is 192 g/mol. The van der Waals surface area contributed by atoms with Gasteiger partial charge in [-0.1, -0.05) is 12.1 Å². The lowest BCUT2D eigenvalue weighted by atomic mass is 10.1. The summed E-state index contributed by atoms with van der Waals surface area (Å²) in [7, 11) is 0. The molecule has 0 saturated carbocycles. The molecule has 1 aromatic rings. The van der Waals surface area contributed by atoms with E-state index in [1.165, 1.54) is 0 Å². The molecule has 1 unspecified atom stereocenters. The van der Waals surface area contributed by atoms with E-state index in [-0.39, 0.29) is 11.8 Å². The highest BCUT2D eigenvalue weighted by Gasteiger charge is 2.02. The van der Waals surface area contributed by atoms with Gasteiger partial charge in [-0.3, -0.25) is 4.99 Å². The summed E-state index contributed by atoms with van der Waals surface area (Å²) in [6, 6.07) is 7.21. The van der Waals surface area contributed by atoms with Crippen molar-refractivity contribution in [1.29, 1.82) is 0 Å². The van der Waals surface area contributed by atoms with E-state index in [9.17, 15) is 5.11 Å². The van der Waals surface area contributed by atoms with Gasteiger partial charge in [-0.2, -0.15) is 0 Å². The summed E-state index contributed by atoms with van der Waals surface area (Å²) in [6.07, 6.45) is 0. The van der Waals surface area contributed by atoms with Crippen molar-refractivity contribution in [2.24, 2.45) is 10.7 Å². The first-order valence-electron chi connectivity index (χ1n) is 4.66. The van der Waals surface area contributed by atoms with E-state index in [1.54, 1.807) is 12.1 Å². The predicted octanol–water partition coefficient (Wildman–Crippen LogP) is 1.55. The predicted molar refractivity (Wildman–Crippen MR) is 58.8 cm³/mol. The van der Waals surface area contributed by atoms with Crippen LogP contribution in [0.3, 0.4) is 0 Å². The second-order valence-electron chi connectivity index (χ2n) is 3.42. The van der Waals surface area contributed by atoms with Crippen LogP contribution < -0.4 is 5.73 Å². The molecule has 1 rings (SSSR count). The van der Waals surface area contributed by atoms with E-state index < -0.39 is 0 Å². The summed E-state index contributed by atoms with van der Waals surface area (Å²) in [6.45, 7) is 4.36. The van der Waals surface area contributed by atoms with Gasteiger partial charge in [0.2, 0.25) is 0 Å². The molecule has 0 bridgehead atoms. The SMILES string of the molecule is CC(=NCC(C)N)c1ccccc1O. The molecule has 0 aliphatic rings. The van der Waals surface area contributed by atoms with Gasteiger partial charge < -0.3 is 10.8 Å². The highest BCUT2D eigenvalue weighted by molar-refractivity contribution is 6.00. The zero-order valence-electron chi connectivity index (χ0n) is 8.57. The van der Waals surface area contributed by atoms with E-state index in [1.807, 2.05) is 26.0 Å². The molecule has 0 fully saturated rings. The lowest BCUT2D eigenvalue weighted by Crippen LogP contribution is -2.19. The van der Waals surface area contributed by atoms with E-state index in [0.717, 1.165) is 11.3 Å². The molecule has 1 aromatic carbocycles. The highest BCUT2D eigenvalue weighted by atomic mass is 16.3. The normalized spacial score (nSPS) is 14.1. The average Bonchev–Trinajstić information content (AvgIpc) is 2.15. The molecule has 3 nitrogen and oxygen atoms in total. The van der Waals surface area contributed by atoms with Gasteiger partial charge in [0.05, 0.1) is 6.54 Å². The maximum absolute atomic E-state index is 9.53. The van der Waals surface area contributed by atoms with Crippen LogP contribution in [0.15, 0.2) is 29.3 Å². The van der Waals surface area contributed by atoms with E-state index in [2.05, 4.69) is 4.99 Å². The van der Waals surface area contributed by atoms with Crippen LogP contribution in [-0.2, 0) is 0 Å². The van der Waals surface area contributed by atoms with Crippen molar-refractivity contribution < 1.29 is 5.11 Å². The summed E-state index contributed by atoms with van der Waals surface area (Å²) in [5, 5.41) is 9.53. The van der Waals surface area contributed by atoms with Crippen LogP contribution in [0.5, 0.6) is 5.75 Å². The number of aromatic hydroxyl groups is 1. The minimum absolute atomic E-state index is 0.0517. The average molecular weight is 192 g/mol. The fourth-order valence-corrected chi connectivity index (χ4v) is 1.15. The van der Waals surface area contributed by atoms with Gasteiger partial charge in [0.1, 0.15) is 5.75 Å². The van der Waals surface area contributed by atoms with Gasteiger partial charge in [0, 0.05) is 17.3 Å². The van der Waals surface area contributed by atoms with Gasteiger partial charge >= 0.3 is 0 Å². The maximum atomic E-state index is 9.53. The van der Waals surface area contributed by atoms with Crippen LogP contribution in [0.4, 0.5) is 0 Å². The topological polar surface area (TPSA) is 58.6 Å².